The van der Waals surface area contributed by atoms with Gasteiger partial charge in [-0.3, -0.25) is 5.10 Å². The van der Waals surface area contributed by atoms with E-state index in [-0.39, 0.29) is 0 Å². The predicted molar refractivity (Wildman–Crippen MR) is 55.2 cm³/mol. The van der Waals surface area contributed by atoms with Crippen LogP contribution >= 0.6 is 23.6 Å². The molecule has 1 unspecified atom stereocenters. The van der Waals surface area contributed by atoms with E-state index >= 15 is 0 Å². The van der Waals surface area contributed by atoms with Crippen molar-refractivity contribution in [3.8, 4) is 0 Å². The van der Waals surface area contributed by atoms with E-state index in [9.17, 15) is 0 Å². The number of aromatic amines is 1. The fourth-order valence-electron chi connectivity index (χ4n) is 0.711. The molecule has 0 fully saturated rings. The highest BCUT2D eigenvalue weighted by molar-refractivity contribution is 7.73. The van der Waals surface area contributed by atoms with E-state index < -0.39 is 0 Å². The maximum absolute atomic E-state index is 4.90. The fourth-order valence-corrected chi connectivity index (χ4v) is 1.51. The van der Waals surface area contributed by atoms with Crippen LogP contribution in [0.3, 0.4) is 0 Å². The lowest BCUT2D eigenvalue weighted by Gasteiger charge is -2.07. The maximum atomic E-state index is 4.90. The van der Waals surface area contributed by atoms with E-state index in [0.717, 1.165) is 15.6 Å². The third kappa shape index (κ3) is 2.91. The van der Waals surface area contributed by atoms with Gasteiger partial charge in [-0.15, -0.1) is 5.10 Å². The quantitative estimate of drug-likeness (QED) is 0.739. The molecule has 1 rings (SSSR count). The van der Waals surface area contributed by atoms with Gasteiger partial charge in [0.1, 0.15) is 0 Å². The number of hydrogen-bond acceptors (Lipinski definition) is 4. The van der Waals surface area contributed by atoms with Crippen LogP contribution in [-0.4, -0.2) is 16.7 Å². The molecular weight excluding hydrogens is 190 g/mol. The minimum Gasteiger partial charge on any atom is -0.360 e. The van der Waals surface area contributed by atoms with Crippen LogP contribution in [0.1, 0.15) is 20.3 Å². The van der Waals surface area contributed by atoms with Gasteiger partial charge in [0, 0.05) is 6.54 Å². The van der Waals surface area contributed by atoms with E-state index in [0.29, 0.717) is 5.92 Å². The maximum Gasteiger partial charge on any atom is 0.204 e. The van der Waals surface area contributed by atoms with Crippen molar-refractivity contribution in [3.05, 3.63) is 3.95 Å². The molecule has 1 aromatic heterocycles. The first-order valence-electron chi connectivity index (χ1n) is 4.01. The number of hydrogen-bond donors (Lipinski definition) is 2. The Morgan fingerprint density at radius 2 is 2.50 bits per heavy atom. The lowest BCUT2D eigenvalue weighted by molar-refractivity contribution is 0.593. The van der Waals surface area contributed by atoms with Crippen molar-refractivity contribution in [2.45, 2.75) is 20.3 Å². The van der Waals surface area contributed by atoms with E-state index in [2.05, 4.69) is 29.4 Å². The molecule has 0 saturated heterocycles. The van der Waals surface area contributed by atoms with Gasteiger partial charge < -0.3 is 5.32 Å². The molecule has 0 aliphatic carbocycles. The second-order valence-electron chi connectivity index (χ2n) is 2.81. The zero-order valence-electron chi connectivity index (χ0n) is 7.26. The summed E-state index contributed by atoms with van der Waals surface area (Å²) < 4.78 is 0.724. The summed E-state index contributed by atoms with van der Waals surface area (Å²) in [6, 6.07) is 0. The monoisotopic (exact) mass is 203 g/mol. The molecule has 0 bridgehead atoms. The summed E-state index contributed by atoms with van der Waals surface area (Å²) in [5, 5.41) is 10.8. The predicted octanol–water partition coefficient (Wildman–Crippen LogP) is 2.66. The molecule has 12 heavy (non-hydrogen) atoms. The number of rotatable bonds is 4. The van der Waals surface area contributed by atoms with Crippen molar-refractivity contribution in [2.24, 2.45) is 5.92 Å². The molecule has 3 nitrogen and oxygen atoms in total. The Balaban J connectivity index is 2.38. The third-order valence-electron chi connectivity index (χ3n) is 1.74. The van der Waals surface area contributed by atoms with Crippen molar-refractivity contribution in [3.63, 3.8) is 0 Å². The van der Waals surface area contributed by atoms with Crippen molar-refractivity contribution in [1.82, 2.24) is 10.2 Å². The lowest BCUT2D eigenvalue weighted by atomic mass is 10.1. The van der Waals surface area contributed by atoms with Gasteiger partial charge in [0.05, 0.1) is 0 Å². The molecule has 0 saturated carbocycles. The standard InChI is InChI=1S/C7H13N3S2/c1-3-5(2)4-8-6-9-10-7(11)12-6/h5H,3-4H2,1-2H3,(H,8,9)(H,10,11). The second-order valence-corrected chi connectivity index (χ2v) is 4.48. The van der Waals surface area contributed by atoms with Crippen LogP contribution in [0.25, 0.3) is 0 Å². The SMILES string of the molecule is CCC(C)CNc1n[nH]c(=S)s1. The molecular formula is C7H13N3S2. The van der Waals surface area contributed by atoms with Crippen molar-refractivity contribution >= 4 is 28.7 Å². The first kappa shape index (κ1) is 9.67. The van der Waals surface area contributed by atoms with Gasteiger partial charge in [0.15, 0.2) is 3.95 Å². The molecule has 0 amide bonds. The third-order valence-corrected chi connectivity index (χ3v) is 2.78. The Hall–Kier alpha value is -0.420. The Morgan fingerprint density at radius 1 is 1.75 bits per heavy atom. The molecule has 1 heterocycles. The summed E-state index contributed by atoms with van der Waals surface area (Å²) in [4.78, 5) is 0. The molecule has 0 aliphatic heterocycles. The zero-order chi connectivity index (χ0) is 8.97. The molecule has 0 spiro atoms. The minimum absolute atomic E-state index is 0.683. The van der Waals surface area contributed by atoms with E-state index in [1.807, 2.05) is 0 Å². The Labute approximate surface area is 81.2 Å². The van der Waals surface area contributed by atoms with Crippen LogP contribution in [0.15, 0.2) is 0 Å². The number of nitrogens with one attached hydrogen (secondary N) is 2. The topological polar surface area (TPSA) is 40.7 Å². The van der Waals surface area contributed by atoms with Crippen LogP contribution in [0, 0.1) is 9.87 Å². The molecule has 2 N–H and O–H groups in total. The van der Waals surface area contributed by atoms with Crippen LogP contribution in [-0.2, 0) is 0 Å². The van der Waals surface area contributed by atoms with Crippen molar-refractivity contribution in [1.29, 1.82) is 0 Å². The van der Waals surface area contributed by atoms with Crippen LogP contribution in [0.4, 0.5) is 5.13 Å². The molecule has 1 atom stereocenters. The highest BCUT2D eigenvalue weighted by Crippen LogP contribution is 2.11. The molecule has 68 valence electrons. The highest BCUT2D eigenvalue weighted by Gasteiger charge is 2.00. The van der Waals surface area contributed by atoms with Crippen LogP contribution < -0.4 is 5.32 Å². The summed E-state index contributed by atoms with van der Waals surface area (Å²) in [5.74, 6) is 0.683. The Kier molecular flexibility index (Phi) is 3.68. The van der Waals surface area contributed by atoms with E-state index in [4.69, 9.17) is 12.2 Å². The average molecular weight is 203 g/mol. The number of H-pyrrole nitrogens is 1. The van der Waals surface area contributed by atoms with Gasteiger partial charge >= 0.3 is 0 Å². The van der Waals surface area contributed by atoms with Gasteiger partial charge in [-0.1, -0.05) is 31.6 Å². The molecule has 0 aliphatic rings. The Morgan fingerprint density at radius 3 is 3.00 bits per heavy atom. The summed E-state index contributed by atoms with van der Waals surface area (Å²) in [6.45, 7) is 5.35. The Bertz CT molecular complexity index is 278. The largest absolute Gasteiger partial charge is 0.360 e. The highest BCUT2D eigenvalue weighted by atomic mass is 32.1. The van der Waals surface area contributed by atoms with Gasteiger partial charge in [-0.2, -0.15) is 0 Å². The number of aromatic nitrogens is 2. The van der Waals surface area contributed by atoms with Crippen LogP contribution in [0.2, 0.25) is 0 Å². The average Bonchev–Trinajstić information content (AvgIpc) is 2.47. The lowest BCUT2D eigenvalue weighted by Crippen LogP contribution is -2.09. The summed E-state index contributed by atoms with van der Waals surface area (Å²) >= 11 is 6.38. The summed E-state index contributed by atoms with van der Waals surface area (Å²) in [5.41, 5.74) is 0. The number of anilines is 1. The minimum atomic E-state index is 0.683. The van der Waals surface area contributed by atoms with Crippen molar-refractivity contribution in [2.75, 3.05) is 11.9 Å². The molecule has 0 aromatic carbocycles. The fraction of sp³-hybridized carbons (Fsp3) is 0.714. The second kappa shape index (κ2) is 4.57. The van der Waals surface area contributed by atoms with Crippen LogP contribution in [0.5, 0.6) is 0 Å². The first-order valence-corrected chi connectivity index (χ1v) is 5.24. The van der Waals surface area contributed by atoms with E-state index in [1.54, 1.807) is 0 Å². The molecule has 5 heteroatoms. The van der Waals surface area contributed by atoms with Gasteiger partial charge in [0.25, 0.3) is 0 Å². The zero-order valence-corrected chi connectivity index (χ0v) is 8.89. The molecule has 1 aromatic rings. The smallest absolute Gasteiger partial charge is 0.204 e. The van der Waals surface area contributed by atoms with E-state index in [1.165, 1.54) is 17.8 Å². The first-order chi connectivity index (χ1) is 5.72. The van der Waals surface area contributed by atoms with Gasteiger partial charge in [-0.25, -0.2) is 0 Å². The van der Waals surface area contributed by atoms with Crippen molar-refractivity contribution < 1.29 is 0 Å². The number of nitrogens with zero attached hydrogens (tertiary/aromatic N) is 1. The summed E-state index contributed by atoms with van der Waals surface area (Å²) in [6.07, 6.45) is 1.18. The normalized spacial score (nSPS) is 12.8. The summed E-state index contributed by atoms with van der Waals surface area (Å²) in [7, 11) is 0. The van der Waals surface area contributed by atoms with Gasteiger partial charge in [0.2, 0.25) is 5.13 Å². The van der Waals surface area contributed by atoms with Gasteiger partial charge in [-0.05, 0) is 18.1 Å². The molecule has 0 radical (unpaired) electrons.